The summed E-state index contributed by atoms with van der Waals surface area (Å²) in [6.45, 7) is 1.42. The van der Waals surface area contributed by atoms with Gasteiger partial charge in [-0.15, -0.1) is 0 Å². The second-order valence-corrected chi connectivity index (χ2v) is 2.45. The molecule has 5 heteroatoms. The third-order valence-electron chi connectivity index (χ3n) is 1.52. The van der Waals surface area contributed by atoms with Gasteiger partial charge in [0.25, 0.3) is 12.0 Å². The van der Waals surface area contributed by atoms with Crippen LogP contribution in [0.4, 0.5) is 14.6 Å². The van der Waals surface area contributed by atoms with E-state index in [1.165, 1.54) is 13.0 Å². The van der Waals surface area contributed by atoms with E-state index in [9.17, 15) is 13.6 Å². The molecular formula is C7H8F2N2O. The molecule has 0 amide bonds. The van der Waals surface area contributed by atoms with E-state index in [1.54, 1.807) is 0 Å². The normalized spacial score (nSPS) is 10.7. The number of nitrogen functional groups attached to an aromatic ring is 1. The van der Waals surface area contributed by atoms with Crippen molar-refractivity contribution in [1.29, 1.82) is 0 Å². The maximum atomic E-state index is 12.2. The van der Waals surface area contributed by atoms with Crippen LogP contribution in [0.1, 0.15) is 17.6 Å². The number of nitrogens with two attached hydrogens (primary N) is 1. The van der Waals surface area contributed by atoms with E-state index < -0.39 is 17.5 Å². The van der Waals surface area contributed by atoms with Gasteiger partial charge in [-0.05, 0) is 18.6 Å². The van der Waals surface area contributed by atoms with Crippen molar-refractivity contribution in [2.45, 2.75) is 13.3 Å². The van der Waals surface area contributed by atoms with Crippen molar-refractivity contribution in [1.82, 2.24) is 4.98 Å². The topological polar surface area (TPSA) is 58.9 Å². The molecule has 0 unspecified atom stereocenters. The minimum Gasteiger partial charge on any atom is -0.385 e. The number of hydrogen-bond acceptors (Lipinski definition) is 2. The summed E-state index contributed by atoms with van der Waals surface area (Å²) in [4.78, 5) is 13.0. The minimum atomic E-state index is -2.76. The van der Waals surface area contributed by atoms with Crippen LogP contribution in [0.3, 0.4) is 0 Å². The van der Waals surface area contributed by atoms with Gasteiger partial charge in [-0.2, -0.15) is 0 Å². The molecule has 1 rings (SSSR count). The zero-order chi connectivity index (χ0) is 9.30. The minimum absolute atomic E-state index is 0.0990. The van der Waals surface area contributed by atoms with E-state index in [-0.39, 0.29) is 11.4 Å². The molecule has 0 spiro atoms. The molecule has 1 aromatic heterocycles. The van der Waals surface area contributed by atoms with Crippen molar-refractivity contribution in [3.63, 3.8) is 0 Å². The molecule has 12 heavy (non-hydrogen) atoms. The first-order valence-corrected chi connectivity index (χ1v) is 3.30. The fourth-order valence-electron chi connectivity index (χ4n) is 0.996. The fourth-order valence-corrected chi connectivity index (χ4v) is 0.996. The van der Waals surface area contributed by atoms with Crippen LogP contribution >= 0.6 is 0 Å². The van der Waals surface area contributed by atoms with Crippen LogP contribution in [0.5, 0.6) is 0 Å². The number of aromatic nitrogens is 1. The molecule has 0 aliphatic carbocycles. The number of alkyl halides is 2. The quantitative estimate of drug-likeness (QED) is 0.672. The summed E-state index contributed by atoms with van der Waals surface area (Å²) in [6.07, 6.45) is -2.76. The number of anilines is 1. The maximum absolute atomic E-state index is 12.2. The number of halogens is 2. The summed E-state index contributed by atoms with van der Waals surface area (Å²) >= 11 is 0. The first kappa shape index (κ1) is 8.70. The largest absolute Gasteiger partial charge is 0.385 e. The number of aryl methyl sites for hydroxylation is 1. The highest BCUT2D eigenvalue weighted by molar-refractivity contribution is 5.36. The number of nitrogens with one attached hydrogen (secondary N) is 1. The number of hydrogen-bond donors (Lipinski definition) is 2. The molecule has 3 N–H and O–H groups in total. The van der Waals surface area contributed by atoms with Gasteiger partial charge < -0.3 is 10.7 Å². The van der Waals surface area contributed by atoms with Gasteiger partial charge in [0.2, 0.25) is 0 Å². The lowest BCUT2D eigenvalue weighted by Crippen LogP contribution is -2.16. The second kappa shape index (κ2) is 2.92. The van der Waals surface area contributed by atoms with Crippen LogP contribution in [0.15, 0.2) is 10.9 Å². The molecule has 0 fully saturated rings. The Morgan fingerprint density at radius 1 is 1.58 bits per heavy atom. The molecule has 1 aromatic rings. The van der Waals surface area contributed by atoms with Crippen LogP contribution in [0.2, 0.25) is 0 Å². The third kappa shape index (κ3) is 1.44. The van der Waals surface area contributed by atoms with Gasteiger partial charge >= 0.3 is 0 Å². The standard InChI is InChI=1S/C7H8F2N2O/c1-3-2-4(10)11-7(12)5(3)6(8)9/h2,6H,1H3,(H3,10,11,12). The first-order valence-electron chi connectivity index (χ1n) is 3.30. The Hall–Kier alpha value is -1.39. The highest BCUT2D eigenvalue weighted by Crippen LogP contribution is 2.18. The Morgan fingerprint density at radius 2 is 2.17 bits per heavy atom. The van der Waals surface area contributed by atoms with Crippen molar-refractivity contribution >= 4 is 5.82 Å². The van der Waals surface area contributed by atoms with E-state index in [1.807, 2.05) is 0 Å². The zero-order valence-corrected chi connectivity index (χ0v) is 6.40. The Balaban J connectivity index is 3.39. The molecule has 0 bridgehead atoms. The smallest absolute Gasteiger partial charge is 0.269 e. The summed E-state index contributed by atoms with van der Waals surface area (Å²) in [5.74, 6) is 0.0990. The van der Waals surface area contributed by atoms with Crippen LogP contribution in [0, 0.1) is 6.92 Å². The van der Waals surface area contributed by atoms with Crippen LogP contribution in [-0.4, -0.2) is 4.98 Å². The van der Waals surface area contributed by atoms with E-state index in [4.69, 9.17) is 5.73 Å². The van der Waals surface area contributed by atoms with Crippen LogP contribution in [0.25, 0.3) is 0 Å². The zero-order valence-electron chi connectivity index (χ0n) is 6.40. The van der Waals surface area contributed by atoms with Crippen molar-refractivity contribution in [2.24, 2.45) is 0 Å². The van der Waals surface area contributed by atoms with E-state index in [2.05, 4.69) is 4.98 Å². The highest BCUT2D eigenvalue weighted by atomic mass is 19.3. The highest BCUT2D eigenvalue weighted by Gasteiger charge is 2.15. The SMILES string of the molecule is Cc1cc(N)[nH]c(=O)c1C(F)F. The molecular weight excluding hydrogens is 166 g/mol. The Labute approximate surface area is 67.2 Å². The van der Waals surface area contributed by atoms with Crippen LogP contribution < -0.4 is 11.3 Å². The average Bonchev–Trinajstić information content (AvgIpc) is 1.82. The molecule has 1 heterocycles. The van der Waals surface area contributed by atoms with E-state index >= 15 is 0 Å². The monoisotopic (exact) mass is 174 g/mol. The lowest BCUT2D eigenvalue weighted by Gasteiger charge is -2.03. The van der Waals surface area contributed by atoms with Gasteiger partial charge in [-0.25, -0.2) is 8.78 Å². The summed E-state index contributed by atoms with van der Waals surface area (Å²) in [5, 5.41) is 0. The Morgan fingerprint density at radius 3 is 2.58 bits per heavy atom. The van der Waals surface area contributed by atoms with Crippen molar-refractivity contribution in [2.75, 3.05) is 5.73 Å². The fraction of sp³-hybridized carbons (Fsp3) is 0.286. The first-order chi connectivity index (χ1) is 5.52. The number of H-pyrrole nitrogens is 1. The van der Waals surface area contributed by atoms with E-state index in [0.29, 0.717) is 0 Å². The maximum Gasteiger partial charge on any atom is 0.269 e. The van der Waals surface area contributed by atoms with Crippen molar-refractivity contribution in [3.05, 3.63) is 27.5 Å². The molecule has 66 valence electrons. The Kier molecular flexibility index (Phi) is 2.12. The van der Waals surface area contributed by atoms with Gasteiger partial charge in [-0.3, -0.25) is 4.79 Å². The van der Waals surface area contributed by atoms with Gasteiger partial charge in [0.1, 0.15) is 5.82 Å². The molecule has 0 aliphatic rings. The van der Waals surface area contributed by atoms with Gasteiger partial charge in [0.15, 0.2) is 0 Å². The van der Waals surface area contributed by atoms with Gasteiger partial charge in [0, 0.05) is 0 Å². The molecule has 0 aliphatic heterocycles. The third-order valence-corrected chi connectivity index (χ3v) is 1.52. The number of rotatable bonds is 1. The molecule has 0 saturated carbocycles. The van der Waals surface area contributed by atoms with E-state index in [0.717, 1.165) is 0 Å². The Bertz CT molecular complexity index is 346. The second-order valence-electron chi connectivity index (χ2n) is 2.45. The summed E-state index contributed by atoms with van der Waals surface area (Å²) in [5.41, 5.74) is 4.12. The summed E-state index contributed by atoms with van der Waals surface area (Å²) in [7, 11) is 0. The van der Waals surface area contributed by atoms with Crippen molar-refractivity contribution in [3.8, 4) is 0 Å². The molecule has 3 nitrogen and oxygen atoms in total. The predicted octanol–water partition coefficient (Wildman–Crippen LogP) is 1.20. The number of aromatic amines is 1. The molecule has 0 saturated heterocycles. The van der Waals surface area contributed by atoms with Gasteiger partial charge in [0.05, 0.1) is 5.56 Å². The predicted molar refractivity (Wildman–Crippen MR) is 41.2 cm³/mol. The number of pyridine rings is 1. The van der Waals surface area contributed by atoms with Gasteiger partial charge in [-0.1, -0.05) is 0 Å². The average molecular weight is 174 g/mol. The summed E-state index contributed by atoms with van der Waals surface area (Å²) < 4.78 is 24.3. The lowest BCUT2D eigenvalue weighted by molar-refractivity contribution is 0.149. The molecule has 0 aromatic carbocycles. The summed E-state index contributed by atoms with van der Waals surface area (Å²) in [6, 6.07) is 1.31. The molecule has 0 atom stereocenters. The van der Waals surface area contributed by atoms with Crippen molar-refractivity contribution < 1.29 is 8.78 Å². The molecule has 0 radical (unpaired) electrons. The van der Waals surface area contributed by atoms with Crippen LogP contribution in [-0.2, 0) is 0 Å². The lowest BCUT2D eigenvalue weighted by atomic mass is 10.1.